The summed E-state index contributed by atoms with van der Waals surface area (Å²) < 4.78 is 57.9. The molecular formula is C3H7F3N2O3S. The smallest absolute Gasteiger partial charge is 0.329 e. The molecule has 9 heteroatoms. The second-order valence-electron chi connectivity index (χ2n) is 1.67. The van der Waals surface area contributed by atoms with Crippen molar-refractivity contribution in [3.8, 4) is 0 Å². The molecule has 0 fully saturated rings. The zero-order valence-electron chi connectivity index (χ0n) is 5.76. The van der Waals surface area contributed by atoms with Gasteiger partial charge in [-0.1, -0.05) is 0 Å². The number of nitrogens with two attached hydrogens (primary N) is 1. The lowest BCUT2D eigenvalue weighted by Crippen LogP contribution is -2.33. The molecule has 3 N–H and O–H groups in total. The predicted molar refractivity (Wildman–Crippen MR) is 33.1 cm³/mol. The lowest BCUT2D eigenvalue weighted by atomic mass is 10.7. The molecule has 0 aromatic rings. The van der Waals surface area contributed by atoms with Crippen LogP contribution in [0.25, 0.3) is 0 Å². The molecule has 0 spiro atoms. The molecule has 0 heterocycles. The van der Waals surface area contributed by atoms with Crippen LogP contribution in [0, 0.1) is 0 Å². The average Bonchev–Trinajstić information content (AvgIpc) is 1.85. The van der Waals surface area contributed by atoms with Gasteiger partial charge in [-0.2, -0.15) is 31.4 Å². The monoisotopic (exact) mass is 208 g/mol. The molecule has 0 amide bonds. The molecule has 12 heavy (non-hydrogen) atoms. The molecule has 0 radical (unpaired) electrons. The van der Waals surface area contributed by atoms with Gasteiger partial charge in [0.25, 0.3) is 0 Å². The van der Waals surface area contributed by atoms with E-state index in [0.29, 0.717) is 0 Å². The van der Waals surface area contributed by atoms with Crippen molar-refractivity contribution >= 4 is 10.1 Å². The van der Waals surface area contributed by atoms with Crippen molar-refractivity contribution in [2.75, 3.05) is 13.1 Å². The van der Waals surface area contributed by atoms with Gasteiger partial charge in [0.15, 0.2) is 0 Å². The zero-order valence-corrected chi connectivity index (χ0v) is 6.57. The summed E-state index contributed by atoms with van der Waals surface area (Å²) in [6.07, 6.45) is 0. The molecule has 0 atom stereocenters. The van der Waals surface area contributed by atoms with Crippen LogP contribution in [-0.2, 0) is 14.4 Å². The summed E-state index contributed by atoms with van der Waals surface area (Å²) >= 11 is 0. The maximum Gasteiger partial charge on any atom is 0.524 e. The fraction of sp³-hybridized carbons (Fsp3) is 1.00. The summed E-state index contributed by atoms with van der Waals surface area (Å²) in [6.45, 7) is -0.220. The third-order valence-corrected chi connectivity index (χ3v) is 1.60. The highest BCUT2D eigenvalue weighted by atomic mass is 32.2. The molecule has 5 nitrogen and oxygen atoms in total. The Balaban J connectivity index is 4.08. The third kappa shape index (κ3) is 3.34. The van der Waals surface area contributed by atoms with Crippen molar-refractivity contribution < 1.29 is 25.9 Å². The van der Waals surface area contributed by atoms with Crippen LogP contribution in [0.5, 0.6) is 0 Å². The minimum atomic E-state index is -5.54. The standard InChI is InChI=1S/C3H7F3N2O3S/c4-3(5,6)12(9,10)11-8-2-1-7/h8H,1-2,7H2. The van der Waals surface area contributed by atoms with E-state index in [9.17, 15) is 21.6 Å². The summed E-state index contributed by atoms with van der Waals surface area (Å²) in [5.74, 6) is 0. The number of halogens is 3. The summed E-state index contributed by atoms with van der Waals surface area (Å²) in [5, 5.41) is 0. The fourth-order valence-corrected chi connectivity index (χ4v) is 0.558. The number of hydrogen-bond acceptors (Lipinski definition) is 5. The van der Waals surface area contributed by atoms with E-state index in [4.69, 9.17) is 5.73 Å². The van der Waals surface area contributed by atoms with Crippen LogP contribution in [0.1, 0.15) is 0 Å². The third-order valence-electron chi connectivity index (χ3n) is 0.699. The van der Waals surface area contributed by atoms with Gasteiger partial charge in [-0.15, -0.1) is 0 Å². The fourth-order valence-electron chi connectivity index (χ4n) is 0.225. The van der Waals surface area contributed by atoms with Crippen molar-refractivity contribution in [3.05, 3.63) is 0 Å². The van der Waals surface area contributed by atoms with Crippen LogP contribution in [-0.4, -0.2) is 27.0 Å². The van der Waals surface area contributed by atoms with Crippen molar-refractivity contribution in [2.45, 2.75) is 5.51 Å². The normalized spacial score (nSPS) is 13.3. The van der Waals surface area contributed by atoms with Crippen LogP contribution in [0.2, 0.25) is 0 Å². The van der Waals surface area contributed by atoms with Gasteiger partial charge in [-0.3, -0.25) is 0 Å². The van der Waals surface area contributed by atoms with Crippen LogP contribution in [0.3, 0.4) is 0 Å². The molecule has 0 aliphatic heterocycles. The topological polar surface area (TPSA) is 81.4 Å². The van der Waals surface area contributed by atoms with Gasteiger partial charge in [-0.25, -0.2) is 0 Å². The van der Waals surface area contributed by atoms with Crippen LogP contribution < -0.4 is 11.2 Å². The van der Waals surface area contributed by atoms with Gasteiger partial charge in [0.05, 0.1) is 0 Å². The highest BCUT2D eigenvalue weighted by Crippen LogP contribution is 2.23. The molecule has 74 valence electrons. The van der Waals surface area contributed by atoms with Crippen molar-refractivity contribution in [1.29, 1.82) is 0 Å². The first kappa shape index (κ1) is 11.6. The largest absolute Gasteiger partial charge is 0.524 e. The molecule has 0 aliphatic carbocycles. The van der Waals surface area contributed by atoms with E-state index in [1.165, 1.54) is 0 Å². The second kappa shape index (κ2) is 4.03. The van der Waals surface area contributed by atoms with Crippen LogP contribution in [0.4, 0.5) is 13.2 Å². The molecule has 0 bridgehead atoms. The Hall–Kier alpha value is -0.380. The van der Waals surface area contributed by atoms with E-state index in [-0.39, 0.29) is 13.1 Å². The number of alkyl halides is 3. The first-order valence-electron chi connectivity index (χ1n) is 2.74. The summed E-state index contributed by atoms with van der Waals surface area (Å²) in [4.78, 5) is 0. The highest BCUT2D eigenvalue weighted by Gasteiger charge is 2.47. The molecule has 0 aromatic heterocycles. The Bertz CT molecular complexity index is 223. The number of rotatable bonds is 4. The SMILES string of the molecule is NCCNOS(=O)(=O)C(F)(F)F. The van der Waals surface area contributed by atoms with E-state index in [1.807, 2.05) is 0 Å². The van der Waals surface area contributed by atoms with E-state index < -0.39 is 15.6 Å². The molecular weight excluding hydrogens is 201 g/mol. The van der Waals surface area contributed by atoms with E-state index in [0.717, 1.165) is 0 Å². The zero-order chi connectivity index (χ0) is 9.83. The van der Waals surface area contributed by atoms with Gasteiger partial charge in [0.1, 0.15) is 0 Å². The average molecular weight is 208 g/mol. The lowest BCUT2D eigenvalue weighted by Gasteiger charge is -2.07. The second-order valence-corrected chi connectivity index (χ2v) is 3.20. The molecule has 0 aliphatic rings. The minimum absolute atomic E-state index is 0.0343. The number of nitrogens with one attached hydrogen (secondary N) is 1. The Labute approximate surface area is 66.8 Å². The lowest BCUT2D eigenvalue weighted by molar-refractivity contribution is -0.0581. The molecule has 0 saturated heterocycles. The minimum Gasteiger partial charge on any atom is -0.329 e. The van der Waals surface area contributed by atoms with Crippen molar-refractivity contribution in [1.82, 2.24) is 5.48 Å². The maximum atomic E-state index is 11.5. The van der Waals surface area contributed by atoms with Crippen molar-refractivity contribution in [2.24, 2.45) is 5.73 Å². The summed E-state index contributed by atoms with van der Waals surface area (Å²) in [7, 11) is -5.54. The molecule has 0 rings (SSSR count). The van der Waals surface area contributed by atoms with Gasteiger partial charge in [0.2, 0.25) is 0 Å². The number of hydrogen-bond donors (Lipinski definition) is 2. The van der Waals surface area contributed by atoms with Crippen LogP contribution >= 0.6 is 0 Å². The van der Waals surface area contributed by atoms with E-state index in [1.54, 1.807) is 5.48 Å². The van der Waals surface area contributed by atoms with E-state index >= 15 is 0 Å². The molecule has 0 aromatic carbocycles. The predicted octanol–water partition coefficient (Wildman–Crippen LogP) is -0.684. The molecule has 0 saturated carbocycles. The first-order chi connectivity index (χ1) is 5.31. The quantitative estimate of drug-likeness (QED) is 0.363. The summed E-state index contributed by atoms with van der Waals surface area (Å²) in [6, 6.07) is 0. The Morgan fingerprint density at radius 3 is 2.25 bits per heavy atom. The number of hydroxylamine groups is 1. The maximum absolute atomic E-state index is 11.5. The Morgan fingerprint density at radius 1 is 1.42 bits per heavy atom. The van der Waals surface area contributed by atoms with Gasteiger partial charge in [-0.05, 0) is 0 Å². The van der Waals surface area contributed by atoms with Gasteiger partial charge >= 0.3 is 15.6 Å². The first-order valence-corrected chi connectivity index (χ1v) is 4.15. The molecule has 0 unspecified atom stereocenters. The Morgan fingerprint density at radius 2 is 1.92 bits per heavy atom. The van der Waals surface area contributed by atoms with Crippen LogP contribution in [0.15, 0.2) is 0 Å². The summed E-state index contributed by atoms with van der Waals surface area (Å²) in [5.41, 5.74) is 0.989. The van der Waals surface area contributed by atoms with Crippen molar-refractivity contribution in [3.63, 3.8) is 0 Å². The van der Waals surface area contributed by atoms with Gasteiger partial charge in [0, 0.05) is 13.1 Å². The Kier molecular flexibility index (Phi) is 3.90. The van der Waals surface area contributed by atoms with Gasteiger partial charge < -0.3 is 5.73 Å². The van der Waals surface area contributed by atoms with E-state index in [2.05, 4.69) is 4.28 Å². The highest BCUT2D eigenvalue weighted by molar-refractivity contribution is 7.87.